The van der Waals surface area contributed by atoms with E-state index in [1.807, 2.05) is 24.7 Å². The average Bonchev–Trinajstić information content (AvgIpc) is 3.13. The van der Waals surface area contributed by atoms with Crippen molar-refractivity contribution in [2.75, 3.05) is 6.54 Å². The van der Waals surface area contributed by atoms with Gasteiger partial charge in [0, 0.05) is 25.5 Å². The van der Waals surface area contributed by atoms with E-state index in [2.05, 4.69) is 36.1 Å². The second-order valence-corrected chi connectivity index (χ2v) is 5.83. The maximum absolute atomic E-state index is 4.41. The third-order valence-corrected chi connectivity index (χ3v) is 4.61. The van der Waals surface area contributed by atoms with Crippen LogP contribution in [0.5, 0.6) is 0 Å². The highest BCUT2D eigenvalue weighted by atomic mass is 32.1. The fraction of sp³-hybridized carbons (Fsp3) is 0.286. The molecule has 4 rings (SSSR count). The Morgan fingerprint density at radius 1 is 1.38 bits per heavy atom. The lowest BCUT2D eigenvalue weighted by Crippen LogP contribution is -2.34. The molecule has 0 bridgehead atoms. The predicted octanol–water partition coefficient (Wildman–Crippen LogP) is 1.80. The molecule has 3 aromatic heterocycles. The highest BCUT2D eigenvalue weighted by Gasteiger charge is 2.27. The van der Waals surface area contributed by atoms with Crippen LogP contribution in [0.15, 0.2) is 30.0 Å². The van der Waals surface area contributed by atoms with Gasteiger partial charge in [-0.05, 0) is 18.6 Å². The number of hydrogen-bond acceptors (Lipinski definition) is 6. The molecule has 0 saturated heterocycles. The van der Waals surface area contributed by atoms with Gasteiger partial charge in [0.05, 0.1) is 22.1 Å². The summed E-state index contributed by atoms with van der Waals surface area (Å²) in [5.41, 5.74) is 3.97. The topological polar surface area (TPSA) is 68.5 Å². The van der Waals surface area contributed by atoms with Crippen molar-refractivity contribution in [3.63, 3.8) is 0 Å². The number of thiazole rings is 1. The van der Waals surface area contributed by atoms with E-state index in [1.165, 1.54) is 0 Å². The molecule has 1 unspecified atom stereocenters. The molecule has 6 nitrogen and oxygen atoms in total. The lowest BCUT2D eigenvalue weighted by Gasteiger charge is -2.25. The van der Waals surface area contributed by atoms with Gasteiger partial charge >= 0.3 is 0 Å². The molecule has 106 valence electrons. The number of nitrogens with one attached hydrogen (secondary N) is 1. The number of aromatic nitrogens is 5. The van der Waals surface area contributed by atoms with Gasteiger partial charge in [-0.15, -0.1) is 21.5 Å². The first kappa shape index (κ1) is 12.6. The number of fused-ring (bicyclic) bond motifs is 1. The summed E-state index contributed by atoms with van der Waals surface area (Å²) in [4.78, 5) is 9.61. The molecule has 4 heterocycles. The minimum atomic E-state index is 0.0435. The van der Waals surface area contributed by atoms with Gasteiger partial charge in [-0.3, -0.25) is 4.98 Å². The molecule has 1 aliphatic heterocycles. The minimum absolute atomic E-state index is 0.0435. The van der Waals surface area contributed by atoms with E-state index in [-0.39, 0.29) is 6.04 Å². The number of pyridine rings is 1. The van der Waals surface area contributed by atoms with Gasteiger partial charge in [0.25, 0.3) is 0 Å². The van der Waals surface area contributed by atoms with Crippen LogP contribution in [-0.4, -0.2) is 31.3 Å². The van der Waals surface area contributed by atoms with E-state index in [9.17, 15) is 0 Å². The molecule has 0 radical (unpaired) electrons. The van der Waals surface area contributed by atoms with Crippen molar-refractivity contribution in [3.05, 3.63) is 47.1 Å². The summed E-state index contributed by atoms with van der Waals surface area (Å²) in [6.45, 7) is 3.76. The maximum Gasteiger partial charge on any atom is 0.176 e. The van der Waals surface area contributed by atoms with Crippen LogP contribution in [0.4, 0.5) is 0 Å². The summed E-state index contributed by atoms with van der Waals surface area (Å²) in [6.07, 6.45) is 3.66. The van der Waals surface area contributed by atoms with Crippen LogP contribution in [0, 0.1) is 6.92 Å². The Kier molecular flexibility index (Phi) is 3.01. The Morgan fingerprint density at radius 3 is 3.10 bits per heavy atom. The van der Waals surface area contributed by atoms with E-state index in [4.69, 9.17) is 0 Å². The van der Waals surface area contributed by atoms with E-state index in [0.717, 1.165) is 40.9 Å². The standard InChI is InChI=1S/C14H14N6S/c1-9-12(21-8-17-9)14-19-18-13-11(16-5-6-20(13)14)10-3-2-4-15-7-10/h2-4,7-8,11,16H,5-6H2,1H3. The van der Waals surface area contributed by atoms with Gasteiger partial charge in [-0.2, -0.15) is 0 Å². The normalized spacial score (nSPS) is 17.7. The number of aryl methyl sites for hydroxylation is 1. The zero-order valence-electron chi connectivity index (χ0n) is 11.5. The van der Waals surface area contributed by atoms with Gasteiger partial charge in [-0.25, -0.2) is 4.98 Å². The number of hydrogen-bond donors (Lipinski definition) is 1. The van der Waals surface area contributed by atoms with Crippen molar-refractivity contribution >= 4 is 11.3 Å². The first-order chi connectivity index (χ1) is 10.3. The molecule has 0 amide bonds. The van der Waals surface area contributed by atoms with E-state index in [0.29, 0.717) is 0 Å². The predicted molar refractivity (Wildman–Crippen MR) is 79.9 cm³/mol. The molecular weight excluding hydrogens is 284 g/mol. The lowest BCUT2D eigenvalue weighted by atomic mass is 10.1. The Morgan fingerprint density at radius 2 is 2.33 bits per heavy atom. The van der Waals surface area contributed by atoms with Gasteiger partial charge in [0.15, 0.2) is 11.6 Å². The fourth-order valence-corrected chi connectivity index (χ4v) is 3.46. The van der Waals surface area contributed by atoms with Crippen LogP contribution in [-0.2, 0) is 6.54 Å². The molecule has 0 aliphatic carbocycles. The molecule has 0 fully saturated rings. The van der Waals surface area contributed by atoms with Gasteiger partial charge < -0.3 is 9.88 Å². The monoisotopic (exact) mass is 298 g/mol. The smallest absolute Gasteiger partial charge is 0.176 e. The summed E-state index contributed by atoms with van der Waals surface area (Å²) in [5.74, 6) is 1.86. The quantitative estimate of drug-likeness (QED) is 0.781. The van der Waals surface area contributed by atoms with E-state index < -0.39 is 0 Å². The highest BCUT2D eigenvalue weighted by molar-refractivity contribution is 7.13. The van der Waals surface area contributed by atoms with Crippen molar-refractivity contribution in [1.82, 2.24) is 30.0 Å². The summed E-state index contributed by atoms with van der Waals surface area (Å²) in [5, 5.41) is 12.3. The van der Waals surface area contributed by atoms with Crippen LogP contribution in [0.25, 0.3) is 10.7 Å². The molecule has 21 heavy (non-hydrogen) atoms. The van der Waals surface area contributed by atoms with Crippen LogP contribution in [0.2, 0.25) is 0 Å². The Balaban J connectivity index is 1.81. The number of nitrogens with zero attached hydrogens (tertiary/aromatic N) is 5. The Labute approximate surface area is 125 Å². The van der Waals surface area contributed by atoms with E-state index in [1.54, 1.807) is 17.5 Å². The summed E-state index contributed by atoms with van der Waals surface area (Å²) in [7, 11) is 0. The van der Waals surface area contributed by atoms with E-state index >= 15 is 0 Å². The van der Waals surface area contributed by atoms with Crippen LogP contribution in [0.3, 0.4) is 0 Å². The lowest BCUT2D eigenvalue weighted by molar-refractivity contribution is 0.457. The molecule has 7 heteroatoms. The zero-order chi connectivity index (χ0) is 14.2. The Bertz CT molecular complexity index is 763. The maximum atomic E-state index is 4.41. The van der Waals surface area contributed by atoms with Crippen molar-refractivity contribution in [3.8, 4) is 10.7 Å². The number of rotatable bonds is 2. The van der Waals surface area contributed by atoms with Crippen molar-refractivity contribution in [2.24, 2.45) is 0 Å². The molecule has 0 saturated carbocycles. The zero-order valence-corrected chi connectivity index (χ0v) is 12.3. The van der Waals surface area contributed by atoms with Gasteiger partial charge in [0.2, 0.25) is 0 Å². The summed E-state index contributed by atoms with van der Waals surface area (Å²) < 4.78 is 2.19. The average molecular weight is 298 g/mol. The largest absolute Gasteiger partial charge is 0.307 e. The molecule has 0 aromatic carbocycles. The third kappa shape index (κ3) is 2.05. The SMILES string of the molecule is Cc1ncsc1-c1nnc2n1CCNC2c1cccnc1. The molecule has 0 spiro atoms. The molecule has 1 N–H and O–H groups in total. The van der Waals surface area contributed by atoms with Crippen LogP contribution >= 0.6 is 11.3 Å². The van der Waals surface area contributed by atoms with Crippen molar-refractivity contribution in [2.45, 2.75) is 19.5 Å². The first-order valence-corrected chi connectivity index (χ1v) is 7.69. The van der Waals surface area contributed by atoms with Crippen molar-refractivity contribution < 1.29 is 0 Å². The summed E-state index contributed by atoms with van der Waals surface area (Å²) in [6, 6.07) is 4.05. The van der Waals surface area contributed by atoms with Gasteiger partial charge in [-0.1, -0.05) is 6.07 Å². The second-order valence-electron chi connectivity index (χ2n) is 4.97. The second kappa shape index (κ2) is 5.01. The molecule has 1 aliphatic rings. The highest BCUT2D eigenvalue weighted by Crippen LogP contribution is 2.30. The first-order valence-electron chi connectivity index (χ1n) is 6.81. The fourth-order valence-electron chi connectivity index (χ4n) is 2.66. The molecule has 3 aromatic rings. The third-order valence-electron chi connectivity index (χ3n) is 3.69. The van der Waals surface area contributed by atoms with Gasteiger partial charge in [0.1, 0.15) is 0 Å². The molecular formula is C14H14N6S. The Hall–Kier alpha value is -2.12. The van der Waals surface area contributed by atoms with Crippen LogP contribution < -0.4 is 5.32 Å². The van der Waals surface area contributed by atoms with Crippen LogP contribution in [0.1, 0.15) is 23.1 Å². The van der Waals surface area contributed by atoms with Crippen molar-refractivity contribution in [1.29, 1.82) is 0 Å². The summed E-state index contributed by atoms with van der Waals surface area (Å²) >= 11 is 1.61. The molecule has 1 atom stereocenters. The minimum Gasteiger partial charge on any atom is -0.307 e.